The van der Waals surface area contributed by atoms with E-state index in [9.17, 15) is 23.3 Å². The number of carbonyl (C=O) groups excluding carboxylic acids is 2. The lowest BCUT2D eigenvalue weighted by molar-refractivity contribution is -0.130. The van der Waals surface area contributed by atoms with Gasteiger partial charge in [0.15, 0.2) is 5.75 Å². The number of sulfonamides is 1. The predicted molar refractivity (Wildman–Crippen MR) is 139 cm³/mol. The Balaban J connectivity index is 1.50. The first-order valence-electron chi connectivity index (χ1n) is 11.1. The standard InChI is InChI=1S/C28H21N3O5S/c1-19(10-9-13-20-11-3-2-4-12-20)28(33)36-24-16-7-6-15-23(24)30-27(32)22(18-29)26-21-14-5-8-17-25(21)37(34,35)31-26/h2-9,11-17,31H,1,10H2,(H,30,32). The van der Waals surface area contributed by atoms with Gasteiger partial charge in [-0.15, -0.1) is 0 Å². The van der Waals surface area contributed by atoms with E-state index in [1.54, 1.807) is 36.4 Å². The second kappa shape index (κ2) is 10.8. The van der Waals surface area contributed by atoms with Gasteiger partial charge >= 0.3 is 5.97 Å². The van der Waals surface area contributed by atoms with Crippen molar-refractivity contribution in [3.05, 3.63) is 114 Å². The molecular formula is C28H21N3O5S. The van der Waals surface area contributed by atoms with E-state index < -0.39 is 27.5 Å². The maximum atomic E-state index is 13.0. The molecule has 4 rings (SSSR count). The molecule has 184 valence electrons. The van der Waals surface area contributed by atoms with Crippen molar-refractivity contribution in [1.29, 1.82) is 5.26 Å². The monoisotopic (exact) mass is 511 g/mol. The van der Waals surface area contributed by atoms with Gasteiger partial charge in [-0.1, -0.05) is 79.4 Å². The average molecular weight is 512 g/mol. The molecule has 0 bridgehead atoms. The molecule has 0 fully saturated rings. The number of allylic oxidation sites excluding steroid dienone is 1. The first kappa shape index (κ1) is 25.2. The van der Waals surface area contributed by atoms with E-state index in [1.807, 2.05) is 36.4 Å². The third-order valence-corrected chi connectivity index (χ3v) is 6.78. The van der Waals surface area contributed by atoms with Crippen molar-refractivity contribution in [3.63, 3.8) is 0 Å². The molecule has 0 aromatic heterocycles. The van der Waals surface area contributed by atoms with Crippen LogP contribution in [-0.2, 0) is 19.6 Å². The maximum Gasteiger partial charge on any atom is 0.339 e. The molecule has 8 nitrogen and oxygen atoms in total. The predicted octanol–water partition coefficient (Wildman–Crippen LogP) is 4.42. The number of fused-ring (bicyclic) bond motifs is 1. The van der Waals surface area contributed by atoms with Gasteiger partial charge in [-0.05, 0) is 30.2 Å². The number of amides is 1. The van der Waals surface area contributed by atoms with Crippen molar-refractivity contribution in [2.45, 2.75) is 11.3 Å². The van der Waals surface area contributed by atoms with Crippen molar-refractivity contribution in [1.82, 2.24) is 4.72 Å². The Morgan fingerprint density at radius 3 is 2.43 bits per heavy atom. The molecule has 0 saturated carbocycles. The number of nitriles is 1. The quantitative estimate of drug-likeness (QED) is 0.209. The van der Waals surface area contributed by atoms with Gasteiger partial charge in [0.05, 0.1) is 16.3 Å². The van der Waals surface area contributed by atoms with Crippen LogP contribution in [0.25, 0.3) is 11.8 Å². The summed E-state index contributed by atoms with van der Waals surface area (Å²) in [5.41, 5.74) is 0.954. The lowest BCUT2D eigenvalue weighted by atomic mass is 10.1. The Labute approximate surface area is 214 Å². The van der Waals surface area contributed by atoms with Crippen LogP contribution in [0.3, 0.4) is 0 Å². The van der Waals surface area contributed by atoms with E-state index >= 15 is 0 Å². The van der Waals surface area contributed by atoms with Gasteiger partial charge in [-0.3, -0.25) is 9.52 Å². The van der Waals surface area contributed by atoms with E-state index in [1.165, 1.54) is 24.3 Å². The fraction of sp³-hybridized carbons (Fsp3) is 0.0357. The van der Waals surface area contributed by atoms with Crippen LogP contribution in [-0.4, -0.2) is 20.3 Å². The van der Waals surface area contributed by atoms with E-state index in [2.05, 4.69) is 16.6 Å². The molecule has 3 aromatic carbocycles. The molecule has 2 N–H and O–H groups in total. The van der Waals surface area contributed by atoms with Crippen LogP contribution in [0.15, 0.2) is 108 Å². The largest absolute Gasteiger partial charge is 0.421 e. The van der Waals surface area contributed by atoms with Gasteiger partial charge in [0, 0.05) is 11.1 Å². The molecule has 0 atom stereocenters. The molecule has 0 radical (unpaired) electrons. The van der Waals surface area contributed by atoms with Crippen molar-refractivity contribution in [2.75, 3.05) is 5.32 Å². The van der Waals surface area contributed by atoms with Gasteiger partial charge in [-0.25, -0.2) is 13.2 Å². The van der Waals surface area contributed by atoms with Crippen LogP contribution in [0, 0.1) is 11.3 Å². The first-order chi connectivity index (χ1) is 17.8. The number of hydrogen-bond acceptors (Lipinski definition) is 6. The minimum atomic E-state index is -3.90. The van der Waals surface area contributed by atoms with E-state index in [0.717, 1.165) is 5.56 Å². The van der Waals surface area contributed by atoms with E-state index in [4.69, 9.17) is 4.74 Å². The fourth-order valence-corrected chi connectivity index (χ4v) is 4.87. The lowest BCUT2D eigenvalue weighted by Gasteiger charge is -2.12. The third-order valence-electron chi connectivity index (χ3n) is 5.37. The highest BCUT2D eigenvalue weighted by atomic mass is 32.2. The zero-order valence-electron chi connectivity index (χ0n) is 19.5. The SMILES string of the molecule is C=C(CC=Cc1ccccc1)C(=O)Oc1ccccc1NC(=O)C(C#N)=C1NS(=O)(=O)c2ccccc21. The second-order valence-electron chi connectivity index (χ2n) is 7.92. The number of nitrogens with zero attached hydrogens (tertiary/aromatic N) is 1. The van der Waals surface area contributed by atoms with Gasteiger partial charge in [0.2, 0.25) is 0 Å². The fourth-order valence-electron chi connectivity index (χ4n) is 3.56. The number of ether oxygens (including phenoxy) is 1. The van der Waals surface area contributed by atoms with Crippen molar-refractivity contribution >= 4 is 39.4 Å². The number of nitrogens with one attached hydrogen (secondary N) is 2. The van der Waals surface area contributed by atoms with Crippen LogP contribution < -0.4 is 14.8 Å². The van der Waals surface area contributed by atoms with Crippen molar-refractivity contribution in [3.8, 4) is 11.8 Å². The number of para-hydroxylation sites is 2. The summed E-state index contributed by atoms with van der Waals surface area (Å²) in [5.74, 6) is -1.51. The van der Waals surface area contributed by atoms with Crippen LogP contribution in [0.2, 0.25) is 0 Å². The Bertz CT molecular complexity index is 1600. The minimum Gasteiger partial charge on any atom is -0.421 e. The number of anilines is 1. The zero-order valence-corrected chi connectivity index (χ0v) is 20.3. The van der Waals surface area contributed by atoms with Crippen LogP contribution in [0.1, 0.15) is 17.5 Å². The third kappa shape index (κ3) is 5.66. The summed E-state index contributed by atoms with van der Waals surface area (Å²) < 4.78 is 32.5. The Morgan fingerprint density at radius 1 is 1.00 bits per heavy atom. The first-order valence-corrected chi connectivity index (χ1v) is 12.6. The number of rotatable bonds is 7. The summed E-state index contributed by atoms with van der Waals surface area (Å²) in [7, 11) is -3.90. The summed E-state index contributed by atoms with van der Waals surface area (Å²) in [6.07, 6.45) is 3.91. The number of esters is 1. The molecule has 1 aliphatic rings. The number of carbonyl (C=O) groups is 2. The van der Waals surface area contributed by atoms with E-state index in [0.29, 0.717) is 0 Å². The molecule has 9 heteroatoms. The average Bonchev–Trinajstić information content (AvgIpc) is 3.16. The van der Waals surface area contributed by atoms with Crippen molar-refractivity contribution < 1.29 is 22.7 Å². The molecule has 1 heterocycles. The summed E-state index contributed by atoms with van der Waals surface area (Å²) in [6.45, 7) is 3.77. The molecule has 1 amide bonds. The number of hydrogen-bond donors (Lipinski definition) is 2. The molecule has 0 unspecified atom stereocenters. The second-order valence-corrected chi connectivity index (χ2v) is 9.57. The smallest absolute Gasteiger partial charge is 0.339 e. The molecule has 37 heavy (non-hydrogen) atoms. The summed E-state index contributed by atoms with van der Waals surface area (Å²) in [4.78, 5) is 25.6. The van der Waals surface area contributed by atoms with Crippen molar-refractivity contribution in [2.24, 2.45) is 0 Å². The van der Waals surface area contributed by atoms with Gasteiger partial charge in [0.25, 0.3) is 15.9 Å². The summed E-state index contributed by atoms with van der Waals surface area (Å²) in [6, 6.07) is 23.6. The molecule has 0 saturated heterocycles. The zero-order chi connectivity index (χ0) is 26.4. The molecular weight excluding hydrogens is 490 g/mol. The van der Waals surface area contributed by atoms with Gasteiger partial charge in [-0.2, -0.15) is 5.26 Å². The van der Waals surface area contributed by atoms with E-state index in [-0.39, 0.29) is 39.6 Å². The highest BCUT2D eigenvalue weighted by Gasteiger charge is 2.33. The summed E-state index contributed by atoms with van der Waals surface area (Å²) >= 11 is 0. The minimum absolute atomic E-state index is 0.0280. The molecule has 1 aliphatic heterocycles. The molecule has 3 aromatic rings. The Morgan fingerprint density at radius 2 is 1.68 bits per heavy atom. The Kier molecular flexibility index (Phi) is 7.32. The Hall–Kier alpha value is -4.94. The van der Waals surface area contributed by atoms with Gasteiger partial charge < -0.3 is 10.1 Å². The van der Waals surface area contributed by atoms with Crippen LogP contribution in [0.4, 0.5) is 5.69 Å². The summed E-state index contributed by atoms with van der Waals surface area (Å²) in [5, 5.41) is 12.2. The maximum absolute atomic E-state index is 13.0. The number of benzene rings is 3. The lowest BCUT2D eigenvalue weighted by Crippen LogP contribution is -2.21. The van der Waals surface area contributed by atoms with Gasteiger partial charge in [0.1, 0.15) is 11.6 Å². The highest BCUT2D eigenvalue weighted by molar-refractivity contribution is 7.90. The molecule has 0 spiro atoms. The van der Waals surface area contributed by atoms with Crippen LogP contribution >= 0.6 is 0 Å². The normalized spacial score (nSPS) is 14.7. The molecule has 0 aliphatic carbocycles. The highest BCUT2D eigenvalue weighted by Crippen LogP contribution is 2.33. The van der Waals surface area contributed by atoms with Crippen LogP contribution in [0.5, 0.6) is 5.75 Å². The topological polar surface area (TPSA) is 125 Å².